The van der Waals surface area contributed by atoms with Crippen molar-refractivity contribution < 1.29 is 9.59 Å². The Hall–Kier alpha value is -2.04. The van der Waals surface area contributed by atoms with E-state index < -0.39 is 6.04 Å². The van der Waals surface area contributed by atoms with Crippen LogP contribution in [0.25, 0.3) is 0 Å². The largest absolute Gasteiger partial charge is 0.352 e. The van der Waals surface area contributed by atoms with Crippen LogP contribution in [-0.2, 0) is 22.6 Å². The summed E-state index contributed by atoms with van der Waals surface area (Å²) < 4.78 is 0. The number of benzene rings is 2. The normalized spacial score (nSPS) is 15.3. The van der Waals surface area contributed by atoms with Crippen molar-refractivity contribution >= 4 is 35.0 Å². The molecule has 2 amide bonds. The lowest BCUT2D eigenvalue weighted by atomic mass is 9.95. The van der Waals surface area contributed by atoms with Gasteiger partial charge in [0.2, 0.25) is 11.8 Å². The molecule has 0 saturated heterocycles. The molecule has 0 heterocycles. The molecular formula is C25H30Cl2N2O2. The van der Waals surface area contributed by atoms with Gasteiger partial charge in [-0.2, -0.15) is 0 Å². The molecular weight excluding hydrogens is 431 g/mol. The number of carbonyl (C=O) groups excluding carboxylic acids is 2. The number of hydrogen-bond acceptors (Lipinski definition) is 2. The number of rotatable bonds is 8. The van der Waals surface area contributed by atoms with Gasteiger partial charge in [-0.05, 0) is 42.5 Å². The molecule has 2 aromatic carbocycles. The van der Waals surface area contributed by atoms with Crippen molar-refractivity contribution in [1.29, 1.82) is 0 Å². The molecule has 1 atom stereocenters. The maximum atomic E-state index is 13.4. The summed E-state index contributed by atoms with van der Waals surface area (Å²) in [6.45, 7) is 2.34. The number of amides is 2. The first kappa shape index (κ1) is 23.6. The Labute approximate surface area is 194 Å². The molecule has 1 aliphatic carbocycles. The minimum absolute atomic E-state index is 0.0622. The monoisotopic (exact) mass is 460 g/mol. The van der Waals surface area contributed by atoms with E-state index in [9.17, 15) is 9.59 Å². The number of nitrogens with zero attached hydrogens (tertiary/aromatic N) is 1. The van der Waals surface area contributed by atoms with Crippen molar-refractivity contribution in [2.75, 3.05) is 0 Å². The summed E-state index contributed by atoms with van der Waals surface area (Å²) in [5.41, 5.74) is 1.77. The van der Waals surface area contributed by atoms with E-state index in [0.717, 1.165) is 36.8 Å². The minimum atomic E-state index is -0.516. The van der Waals surface area contributed by atoms with Gasteiger partial charge < -0.3 is 10.2 Å². The van der Waals surface area contributed by atoms with E-state index in [1.54, 1.807) is 23.1 Å². The van der Waals surface area contributed by atoms with E-state index >= 15 is 0 Å². The zero-order valence-electron chi connectivity index (χ0n) is 17.9. The van der Waals surface area contributed by atoms with Crippen molar-refractivity contribution in [2.45, 2.75) is 70.5 Å². The lowest BCUT2D eigenvalue weighted by Crippen LogP contribution is -2.51. The smallest absolute Gasteiger partial charge is 0.243 e. The third kappa shape index (κ3) is 6.72. The maximum absolute atomic E-state index is 13.4. The van der Waals surface area contributed by atoms with Gasteiger partial charge in [0.25, 0.3) is 0 Å². The van der Waals surface area contributed by atoms with Crippen molar-refractivity contribution in [3.63, 3.8) is 0 Å². The fraction of sp³-hybridized carbons (Fsp3) is 0.440. The fourth-order valence-electron chi connectivity index (χ4n) is 4.17. The van der Waals surface area contributed by atoms with Crippen molar-refractivity contribution in [1.82, 2.24) is 10.2 Å². The van der Waals surface area contributed by atoms with Gasteiger partial charge in [-0.3, -0.25) is 9.59 Å². The number of hydrogen-bond donors (Lipinski definition) is 1. The van der Waals surface area contributed by atoms with Gasteiger partial charge in [0.1, 0.15) is 6.04 Å². The van der Waals surface area contributed by atoms with E-state index in [4.69, 9.17) is 23.2 Å². The van der Waals surface area contributed by atoms with Crippen LogP contribution in [0.15, 0.2) is 48.5 Å². The van der Waals surface area contributed by atoms with Crippen LogP contribution in [0.5, 0.6) is 0 Å². The van der Waals surface area contributed by atoms with Gasteiger partial charge in [-0.15, -0.1) is 0 Å². The molecule has 0 aliphatic heterocycles. The second kappa shape index (κ2) is 11.5. The van der Waals surface area contributed by atoms with Gasteiger partial charge in [0, 0.05) is 12.6 Å². The molecule has 31 heavy (non-hydrogen) atoms. The highest BCUT2D eigenvalue weighted by atomic mass is 35.5. The molecule has 0 spiro atoms. The fourth-order valence-corrected chi connectivity index (χ4v) is 4.49. The maximum Gasteiger partial charge on any atom is 0.243 e. The molecule has 6 heteroatoms. The van der Waals surface area contributed by atoms with Gasteiger partial charge >= 0.3 is 0 Å². The first-order valence-corrected chi connectivity index (χ1v) is 11.8. The standard InChI is InChI=1S/C25H30Cl2N2O2/c1-2-23(25(31)28-20-11-7-4-8-12-20)29(17-18-9-5-3-6-10-18)24(30)16-19-13-14-21(26)22(27)15-19/h3,5-6,9-10,13-15,20,23H,2,4,7-8,11-12,16-17H2,1H3,(H,28,31)/t23-/m1/s1. The average Bonchev–Trinajstić information content (AvgIpc) is 2.77. The van der Waals surface area contributed by atoms with Crippen LogP contribution in [0.1, 0.15) is 56.6 Å². The van der Waals surface area contributed by atoms with E-state index in [1.807, 2.05) is 37.3 Å². The molecule has 166 valence electrons. The van der Waals surface area contributed by atoms with Crippen molar-refractivity contribution in [3.05, 3.63) is 69.7 Å². The van der Waals surface area contributed by atoms with E-state index in [-0.39, 0.29) is 24.3 Å². The number of halogens is 2. The van der Waals surface area contributed by atoms with Crippen LogP contribution in [0, 0.1) is 0 Å². The molecule has 4 nitrogen and oxygen atoms in total. The number of carbonyl (C=O) groups is 2. The zero-order valence-corrected chi connectivity index (χ0v) is 19.5. The minimum Gasteiger partial charge on any atom is -0.352 e. The quantitative estimate of drug-likeness (QED) is 0.541. The van der Waals surface area contributed by atoms with Crippen LogP contribution in [0.4, 0.5) is 0 Å². The average molecular weight is 461 g/mol. The second-order valence-electron chi connectivity index (χ2n) is 8.20. The Kier molecular flexibility index (Phi) is 8.79. The molecule has 0 bridgehead atoms. The van der Waals surface area contributed by atoms with Crippen LogP contribution in [-0.4, -0.2) is 28.8 Å². The van der Waals surface area contributed by atoms with Gasteiger partial charge in [-0.25, -0.2) is 0 Å². The van der Waals surface area contributed by atoms with Crippen LogP contribution in [0.2, 0.25) is 10.0 Å². The predicted molar refractivity (Wildman–Crippen MR) is 126 cm³/mol. The Morgan fingerprint density at radius 2 is 1.71 bits per heavy atom. The molecule has 0 radical (unpaired) electrons. The summed E-state index contributed by atoms with van der Waals surface area (Å²) in [6.07, 6.45) is 6.26. The Bertz CT molecular complexity index is 882. The molecule has 0 unspecified atom stereocenters. The molecule has 1 aliphatic rings. The third-order valence-corrected chi connectivity index (χ3v) is 6.61. The summed E-state index contributed by atoms with van der Waals surface area (Å²) in [5.74, 6) is -0.166. The molecule has 1 saturated carbocycles. The third-order valence-electron chi connectivity index (χ3n) is 5.87. The Morgan fingerprint density at radius 3 is 2.35 bits per heavy atom. The van der Waals surface area contributed by atoms with E-state index in [2.05, 4.69) is 5.32 Å². The predicted octanol–water partition coefficient (Wildman–Crippen LogP) is 5.79. The summed E-state index contributed by atoms with van der Waals surface area (Å²) in [4.78, 5) is 28.3. The first-order chi connectivity index (χ1) is 15.0. The lowest BCUT2D eigenvalue weighted by Gasteiger charge is -2.33. The van der Waals surface area contributed by atoms with Crippen molar-refractivity contribution in [2.24, 2.45) is 0 Å². The lowest BCUT2D eigenvalue weighted by molar-refractivity contribution is -0.141. The van der Waals surface area contributed by atoms with Crippen LogP contribution < -0.4 is 5.32 Å². The molecule has 1 fully saturated rings. The second-order valence-corrected chi connectivity index (χ2v) is 9.01. The Balaban J connectivity index is 1.79. The first-order valence-electron chi connectivity index (χ1n) is 11.1. The molecule has 2 aromatic rings. The topological polar surface area (TPSA) is 49.4 Å². The summed E-state index contributed by atoms with van der Waals surface area (Å²) in [5, 5.41) is 4.08. The van der Waals surface area contributed by atoms with Gasteiger partial charge in [-0.1, -0.05) is 85.8 Å². The number of nitrogens with one attached hydrogen (secondary N) is 1. The zero-order chi connectivity index (χ0) is 22.2. The Morgan fingerprint density at radius 1 is 1.00 bits per heavy atom. The molecule has 3 rings (SSSR count). The van der Waals surface area contributed by atoms with Crippen molar-refractivity contribution in [3.8, 4) is 0 Å². The summed E-state index contributed by atoms with van der Waals surface area (Å²) in [6, 6.07) is 14.7. The SMILES string of the molecule is CC[C@H](C(=O)NC1CCCCC1)N(Cc1ccccc1)C(=O)Cc1ccc(Cl)c(Cl)c1. The van der Waals surface area contributed by atoms with Gasteiger partial charge in [0.15, 0.2) is 0 Å². The van der Waals surface area contributed by atoms with Gasteiger partial charge in [0.05, 0.1) is 16.5 Å². The summed E-state index contributed by atoms with van der Waals surface area (Å²) >= 11 is 12.1. The van der Waals surface area contributed by atoms with Crippen LogP contribution >= 0.6 is 23.2 Å². The highest BCUT2D eigenvalue weighted by Gasteiger charge is 2.30. The summed E-state index contributed by atoms with van der Waals surface area (Å²) in [7, 11) is 0. The molecule has 0 aromatic heterocycles. The molecule has 1 N–H and O–H groups in total. The highest BCUT2D eigenvalue weighted by Crippen LogP contribution is 2.24. The highest BCUT2D eigenvalue weighted by molar-refractivity contribution is 6.42. The van der Waals surface area contributed by atoms with Crippen LogP contribution in [0.3, 0.4) is 0 Å². The van der Waals surface area contributed by atoms with E-state index in [1.165, 1.54) is 6.42 Å². The van der Waals surface area contributed by atoms with E-state index in [0.29, 0.717) is 23.0 Å².